The molecule has 2 aromatic heterocycles. The molecule has 6 rings (SSSR count). The third-order valence-electron chi connectivity index (χ3n) is 7.49. The topological polar surface area (TPSA) is 78.9 Å². The quantitative estimate of drug-likeness (QED) is 0.380. The fourth-order valence-corrected chi connectivity index (χ4v) is 6.53. The Hall–Kier alpha value is -2.42. The van der Waals surface area contributed by atoms with E-state index in [9.17, 15) is 4.39 Å². The van der Waals surface area contributed by atoms with Gasteiger partial charge in [-0.05, 0) is 68.9 Å². The van der Waals surface area contributed by atoms with Gasteiger partial charge in [0.25, 0.3) is 0 Å². The lowest BCUT2D eigenvalue weighted by molar-refractivity contribution is 0.215. The molecule has 3 aliphatic carbocycles. The molecule has 1 aromatic carbocycles. The Bertz CT molecular complexity index is 1130. The highest BCUT2D eigenvalue weighted by Crippen LogP contribution is 2.52. The molecule has 7 nitrogen and oxygen atoms in total. The first-order valence-corrected chi connectivity index (χ1v) is 12.9. The van der Waals surface area contributed by atoms with E-state index >= 15 is 0 Å². The maximum absolute atomic E-state index is 14.1. The Labute approximate surface area is 196 Å². The monoisotopic (exact) mass is 469 g/mol. The number of ether oxygens (including phenoxy) is 1. The highest BCUT2D eigenvalue weighted by molar-refractivity contribution is 7.98. The van der Waals surface area contributed by atoms with Crippen LogP contribution in [0.5, 0.6) is 5.75 Å². The number of hydrogen-bond donors (Lipinski definition) is 0. The van der Waals surface area contributed by atoms with Crippen molar-refractivity contribution < 1.29 is 13.7 Å². The number of nitrogens with zero attached hydrogens (tertiary/aromatic N) is 5. The van der Waals surface area contributed by atoms with Gasteiger partial charge in [-0.2, -0.15) is 4.98 Å². The van der Waals surface area contributed by atoms with Gasteiger partial charge in [-0.15, -0.1) is 10.2 Å². The lowest BCUT2D eigenvalue weighted by Gasteiger charge is -2.30. The average molecular weight is 470 g/mol. The molecule has 0 radical (unpaired) electrons. The average Bonchev–Trinajstić information content (AvgIpc) is 3.20. The van der Waals surface area contributed by atoms with E-state index < -0.39 is 0 Å². The molecular formula is C24H28FN5O2S. The summed E-state index contributed by atoms with van der Waals surface area (Å²) in [4.78, 5) is 4.54. The second-order valence-corrected chi connectivity index (χ2v) is 10.6. The molecule has 0 saturated heterocycles. The first kappa shape index (κ1) is 21.1. The van der Waals surface area contributed by atoms with Gasteiger partial charge in [-0.3, -0.25) is 4.57 Å². The summed E-state index contributed by atoms with van der Waals surface area (Å²) in [6, 6.07) is 6.72. The minimum Gasteiger partial charge on any atom is -0.483 e. The Morgan fingerprint density at radius 2 is 2.06 bits per heavy atom. The van der Waals surface area contributed by atoms with Gasteiger partial charge in [0.15, 0.2) is 28.4 Å². The third-order valence-corrected chi connectivity index (χ3v) is 8.43. The molecule has 0 spiro atoms. The molecule has 3 saturated carbocycles. The minimum absolute atomic E-state index is 0.174. The lowest BCUT2D eigenvalue weighted by atomic mass is 9.84. The van der Waals surface area contributed by atoms with E-state index in [1.54, 1.807) is 30.0 Å². The van der Waals surface area contributed by atoms with Gasteiger partial charge in [0.05, 0.1) is 5.75 Å². The summed E-state index contributed by atoms with van der Waals surface area (Å²) >= 11 is 1.57. The van der Waals surface area contributed by atoms with E-state index in [1.807, 2.05) is 0 Å². The molecule has 174 valence electrons. The maximum Gasteiger partial charge on any atom is 0.229 e. The van der Waals surface area contributed by atoms with Crippen LogP contribution in [0.15, 0.2) is 33.9 Å². The van der Waals surface area contributed by atoms with Crippen LogP contribution in [0.4, 0.5) is 4.39 Å². The molecule has 9 heteroatoms. The van der Waals surface area contributed by atoms with E-state index in [0.717, 1.165) is 41.5 Å². The van der Waals surface area contributed by atoms with Crippen molar-refractivity contribution in [3.8, 4) is 5.75 Å². The number of halogens is 1. The second kappa shape index (κ2) is 8.74. The molecule has 0 amide bonds. The molecule has 33 heavy (non-hydrogen) atoms. The van der Waals surface area contributed by atoms with Crippen molar-refractivity contribution in [1.29, 1.82) is 0 Å². The molecular weight excluding hydrogens is 441 g/mol. The minimum atomic E-state index is -0.372. The molecule has 2 heterocycles. The van der Waals surface area contributed by atoms with Crippen LogP contribution < -0.4 is 4.74 Å². The van der Waals surface area contributed by atoms with Gasteiger partial charge in [0, 0.05) is 12.0 Å². The molecule has 0 aliphatic heterocycles. The second-order valence-electron chi connectivity index (χ2n) is 9.68. The predicted molar refractivity (Wildman–Crippen MR) is 120 cm³/mol. The van der Waals surface area contributed by atoms with E-state index in [-0.39, 0.29) is 24.2 Å². The van der Waals surface area contributed by atoms with E-state index in [0.29, 0.717) is 23.4 Å². The number of thioether (sulfide) groups is 1. The van der Waals surface area contributed by atoms with Crippen molar-refractivity contribution in [1.82, 2.24) is 24.9 Å². The number of benzene rings is 1. The summed E-state index contributed by atoms with van der Waals surface area (Å²) in [5.74, 6) is 5.27. The highest BCUT2D eigenvalue weighted by Gasteiger charge is 2.43. The summed E-state index contributed by atoms with van der Waals surface area (Å²) < 4.78 is 27.5. The first-order chi connectivity index (χ1) is 16.2. The standard InChI is InChI=1S/C24H28FN5O2S/c1-14(18-11-15-6-7-17(18)10-15)30-22(12-31-20-5-3-2-4-19(20)25)27-28-24(30)33-13-21-26-23(32-29-21)16-8-9-16/h2-5,14-18H,6-13H2,1H3. The van der Waals surface area contributed by atoms with Crippen molar-refractivity contribution in [2.75, 3.05) is 0 Å². The zero-order valence-electron chi connectivity index (χ0n) is 18.7. The van der Waals surface area contributed by atoms with Crippen LogP contribution >= 0.6 is 11.8 Å². The summed E-state index contributed by atoms with van der Waals surface area (Å²) in [5.41, 5.74) is 0. The fourth-order valence-electron chi connectivity index (χ4n) is 5.64. The molecule has 4 atom stereocenters. The number of aromatic nitrogens is 5. The van der Waals surface area contributed by atoms with Crippen LogP contribution in [0.25, 0.3) is 0 Å². The number of para-hydroxylation sites is 1. The summed E-state index contributed by atoms with van der Waals surface area (Å²) in [7, 11) is 0. The van der Waals surface area contributed by atoms with Gasteiger partial charge in [0.1, 0.15) is 6.61 Å². The SMILES string of the molecule is CC(C1CC2CCC1C2)n1c(COc2ccccc2F)nnc1SCc1noc(C2CC2)n1. The van der Waals surface area contributed by atoms with Crippen molar-refractivity contribution in [2.45, 2.75) is 74.9 Å². The van der Waals surface area contributed by atoms with Crippen molar-refractivity contribution in [3.05, 3.63) is 47.6 Å². The van der Waals surface area contributed by atoms with Gasteiger partial charge < -0.3 is 9.26 Å². The van der Waals surface area contributed by atoms with E-state index in [2.05, 4.69) is 31.8 Å². The first-order valence-electron chi connectivity index (χ1n) is 11.9. The highest BCUT2D eigenvalue weighted by atomic mass is 32.2. The van der Waals surface area contributed by atoms with Crippen molar-refractivity contribution >= 4 is 11.8 Å². The number of fused-ring (bicyclic) bond motifs is 2. The normalized spacial score (nSPS) is 25.0. The molecule has 4 unspecified atom stereocenters. The van der Waals surface area contributed by atoms with Crippen LogP contribution in [-0.4, -0.2) is 24.9 Å². The molecule has 3 aromatic rings. The number of hydrogen-bond acceptors (Lipinski definition) is 7. The third kappa shape index (κ3) is 4.27. The Morgan fingerprint density at radius 1 is 1.18 bits per heavy atom. The molecule has 3 aliphatic rings. The maximum atomic E-state index is 14.1. The lowest BCUT2D eigenvalue weighted by Crippen LogP contribution is -2.24. The van der Waals surface area contributed by atoms with Crippen LogP contribution in [0.2, 0.25) is 0 Å². The van der Waals surface area contributed by atoms with Crippen LogP contribution in [0.3, 0.4) is 0 Å². The Kier molecular flexibility index (Phi) is 5.60. The zero-order chi connectivity index (χ0) is 22.4. The largest absolute Gasteiger partial charge is 0.483 e. The molecule has 2 bridgehead atoms. The fraction of sp³-hybridized carbons (Fsp3) is 0.583. The Morgan fingerprint density at radius 3 is 2.82 bits per heavy atom. The number of rotatable bonds is 9. The van der Waals surface area contributed by atoms with Crippen LogP contribution in [0.1, 0.15) is 74.9 Å². The van der Waals surface area contributed by atoms with Crippen molar-refractivity contribution in [2.24, 2.45) is 17.8 Å². The van der Waals surface area contributed by atoms with Crippen molar-refractivity contribution in [3.63, 3.8) is 0 Å². The smallest absolute Gasteiger partial charge is 0.229 e. The predicted octanol–water partition coefficient (Wildman–Crippen LogP) is 5.55. The van der Waals surface area contributed by atoms with Gasteiger partial charge in [-0.25, -0.2) is 4.39 Å². The van der Waals surface area contributed by atoms with Gasteiger partial charge in [0.2, 0.25) is 5.89 Å². The zero-order valence-corrected chi connectivity index (χ0v) is 19.5. The molecule has 0 N–H and O–H groups in total. The summed E-state index contributed by atoms with van der Waals surface area (Å²) in [6.07, 6.45) is 7.55. The van der Waals surface area contributed by atoms with Gasteiger partial charge in [-0.1, -0.05) is 35.5 Å². The Balaban J connectivity index is 1.22. The van der Waals surface area contributed by atoms with E-state index in [4.69, 9.17) is 9.26 Å². The van der Waals surface area contributed by atoms with Crippen LogP contribution in [-0.2, 0) is 12.4 Å². The van der Waals surface area contributed by atoms with Gasteiger partial charge >= 0.3 is 0 Å². The summed E-state index contributed by atoms with van der Waals surface area (Å²) in [6.45, 7) is 2.44. The summed E-state index contributed by atoms with van der Waals surface area (Å²) in [5, 5.41) is 13.9. The molecule has 3 fully saturated rings. The van der Waals surface area contributed by atoms with Crippen LogP contribution in [0, 0.1) is 23.6 Å². The van der Waals surface area contributed by atoms with E-state index in [1.165, 1.54) is 31.7 Å².